The van der Waals surface area contributed by atoms with Gasteiger partial charge < -0.3 is 11.1 Å². The van der Waals surface area contributed by atoms with Crippen LogP contribution >= 0.6 is 23.6 Å². The van der Waals surface area contributed by atoms with Crippen molar-refractivity contribution in [3.05, 3.63) is 21.4 Å². The van der Waals surface area contributed by atoms with E-state index in [-0.39, 0.29) is 6.04 Å². The molecule has 13 heavy (non-hydrogen) atoms. The standard InChI is InChI=1S/C9H14N2S2/c1-5-4-8(7(3)13-5)6(2)11-9(10)12/h4,6H,1-3H3,(H3,10,11,12). The lowest BCUT2D eigenvalue weighted by molar-refractivity contribution is 0.718. The van der Waals surface area contributed by atoms with E-state index in [0.29, 0.717) is 5.11 Å². The summed E-state index contributed by atoms with van der Waals surface area (Å²) in [6.45, 7) is 6.28. The van der Waals surface area contributed by atoms with E-state index in [1.165, 1.54) is 15.3 Å². The third-order valence-electron chi connectivity index (χ3n) is 1.90. The van der Waals surface area contributed by atoms with Crippen molar-refractivity contribution in [1.29, 1.82) is 0 Å². The van der Waals surface area contributed by atoms with Gasteiger partial charge in [-0.3, -0.25) is 0 Å². The fourth-order valence-corrected chi connectivity index (χ4v) is 2.57. The third-order valence-corrected chi connectivity index (χ3v) is 3.00. The molecule has 0 aliphatic carbocycles. The van der Waals surface area contributed by atoms with Crippen LogP contribution in [0.15, 0.2) is 6.07 Å². The van der Waals surface area contributed by atoms with Crippen LogP contribution in [0.4, 0.5) is 0 Å². The molecule has 0 aromatic carbocycles. The highest BCUT2D eigenvalue weighted by Crippen LogP contribution is 2.25. The summed E-state index contributed by atoms with van der Waals surface area (Å²) in [5.41, 5.74) is 6.70. The quantitative estimate of drug-likeness (QED) is 0.742. The Labute approximate surface area is 88.1 Å². The first-order valence-corrected chi connectivity index (χ1v) is 5.36. The van der Waals surface area contributed by atoms with Crippen LogP contribution in [0.25, 0.3) is 0 Å². The van der Waals surface area contributed by atoms with Crippen molar-refractivity contribution in [3.63, 3.8) is 0 Å². The van der Waals surface area contributed by atoms with E-state index in [1.807, 2.05) is 0 Å². The van der Waals surface area contributed by atoms with Gasteiger partial charge >= 0.3 is 0 Å². The molecule has 0 amide bonds. The Bertz CT molecular complexity index is 317. The van der Waals surface area contributed by atoms with Gasteiger partial charge in [0.15, 0.2) is 5.11 Å². The molecular formula is C9H14N2S2. The van der Waals surface area contributed by atoms with Crippen molar-refractivity contribution < 1.29 is 0 Å². The first-order chi connectivity index (χ1) is 6.00. The minimum atomic E-state index is 0.211. The molecule has 0 spiro atoms. The highest BCUT2D eigenvalue weighted by Gasteiger charge is 2.10. The van der Waals surface area contributed by atoms with Gasteiger partial charge in [0, 0.05) is 9.75 Å². The van der Waals surface area contributed by atoms with Gasteiger partial charge in [-0.2, -0.15) is 0 Å². The molecule has 1 unspecified atom stereocenters. The molecule has 0 fully saturated rings. The number of rotatable bonds is 2. The van der Waals surface area contributed by atoms with Crippen LogP contribution in [0.5, 0.6) is 0 Å². The minimum absolute atomic E-state index is 0.211. The number of hydrogen-bond donors (Lipinski definition) is 2. The summed E-state index contributed by atoms with van der Waals surface area (Å²) in [6, 6.07) is 2.39. The number of nitrogens with two attached hydrogens (primary N) is 1. The molecule has 0 radical (unpaired) electrons. The normalized spacial score (nSPS) is 12.5. The molecule has 0 bridgehead atoms. The lowest BCUT2D eigenvalue weighted by Gasteiger charge is -2.12. The summed E-state index contributed by atoms with van der Waals surface area (Å²) >= 11 is 6.59. The largest absolute Gasteiger partial charge is 0.376 e. The average molecular weight is 214 g/mol. The van der Waals surface area contributed by atoms with Crippen LogP contribution in [0, 0.1) is 13.8 Å². The summed E-state index contributed by atoms with van der Waals surface area (Å²) in [6.07, 6.45) is 0. The zero-order chi connectivity index (χ0) is 10.0. The van der Waals surface area contributed by atoms with Crippen LogP contribution < -0.4 is 11.1 Å². The van der Waals surface area contributed by atoms with Crippen molar-refractivity contribution in [2.45, 2.75) is 26.8 Å². The van der Waals surface area contributed by atoms with E-state index in [1.54, 1.807) is 11.3 Å². The maximum Gasteiger partial charge on any atom is 0.164 e. The Morgan fingerprint density at radius 1 is 1.62 bits per heavy atom. The van der Waals surface area contributed by atoms with E-state index in [9.17, 15) is 0 Å². The predicted octanol–water partition coefficient (Wildman–Crippen LogP) is 2.26. The van der Waals surface area contributed by atoms with Crippen molar-refractivity contribution in [1.82, 2.24) is 5.32 Å². The summed E-state index contributed by atoms with van der Waals surface area (Å²) in [4.78, 5) is 2.65. The Morgan fingerprint density at radius 3 is 2.62 bits per heavy atom. The van der Waals surface area contributed by atoms with Gasteiger partial charge in [-0.25, -0.2) is 0 Å². The Morgan fingerprint density at radius 2 is 2.23 bits per heavy atom. The van der Waals surface area contributed by atoms with Gasteiger partial charge in [0.25, 0.3) is 0 Å². The topological polar surface area (TPSA) is 38.0 Å². The smallest absolute Gasteiger partial charge is 0.164 e. The second kappa shape index (κ2) is 4.07. The lowest BCUT2D eigenvalue weighted by Crippen LogP contribution is -2.31. The summed E-state index contributed by atoms with van der Waals surface area (Å²) in [5.74, 6) is 0. The van der Waals surface area contributed by atoms with E-state index < -0.39 is 0 Å². The first-order valence-electron chi connectivity index (χ1n) is 4.13. The molecule has 0 saturated heterocycles. The highest BCUT2D eigenvalue weighted by atomic mass is 32.1. The molecule has 2 nitrogen and oxygen atoms in total. The van der Waals surface area contributed by atoms with Crippen LogP contribution in [-0.2, 0) is 0 Å². The number of aryl methyl sites for hydroxylation is 2. The summed E-state index contributed by atoms with van der Waals surface area (Å²) in [7, 11) is 0. The number of thiocarbonyl (C=S) groups is 1. The first kappa shape index (κ1) is 10.5. The monoisotopic (exact) mass is 214 g/mol. The Hall–Kier alpha value is -0.610. The van der Waals surface area contributed by atoms with Gasteiger partial charge in [0.05, 0.1) is 6.04 Å². The third kappa shape index (κ3) is 2.67. The molecule has 0 aliphatic rings. The fourth-order valence-electron chi connectivity index (χ4n) is 1.37. The second-order valence-electron chi connectivity index (χ2n) is 3.10. The van der Waals surface area contributed by atoms with Crippen molar-refractivity contribution in [2.24, 2.45) is 5.73 Å². The second-order valence-corrected chi connectivity index (χ2v) is 5.00. The molecule has 1 heterocycles. The fraction of sp³-hybridized carbons (Fsp3) is 0.444. The molecule has 3 N–H and O–H groups in total. The molecule has 0 aliphatic heterocycles. The molecule has 1 atom stereocenters. The zero-order valence-electron chi connectivity index (χ0n) is 8.05. The maximum absolute atomic E-state index is 5.41. The van der Waals surface area contributed by atoms with Crippen molar-refractivity contribution >= 4 is 28.7 Å². The Balaban J connectivity index is 2.81. The van der Waals surface area contributed by atoms with E-state index >= 15 is 0 Å². The van der Waals surface area contributed by atoms with Gasteiger partial charge in [-0.05, 0) is 44.6 Å². The molecule has 0 saturated carbocycles. The van der Waals surface area contributed by atoms with E-state index in [2.05, 4.69) is 32.2 Å². The van der Waals surface area contributed by atoms with Crippen LogP contribution in [0.2, 0.25) is 0 Å². The van der Waals surface area contributed by atoms with Crippen LogP contribution in [-0.4, -0.2) is 5.11 Å². The SMILES string of the molecule is Cc1cc(C(C)NC(N)=S)c(C)s1. The zero-order valence-corrected chi connectivity index (χ0v) is 9.68. The molecule has 1 aromatic heterocycles. The molecule has 1 aromatic rings. The summed E-state index contributed by atoms with van der Waals surface area (Å²) < 4.78 is 0. The van der Waals surface area contributed by atoms with E-state index in [0.717, 1.165) is 0 Å². The molecule has 1 rings (SSSR count). The number of hydrogen-bond acceptors (Lipinski definition) is 2. The van der Waals surface area contributed by atoms with Gasteiger partial charge in [0.1, 0.15) is 0 Å². The average Bonchev–Trinajstić information content (AvgIpc) is 2.28. The van der Waals surface area contributed by atoms with Crippen LogP contribution in [0.1, 0.15) is 28.3 Å². The van der Waals surface area contributed by atoms with Crippen LogP contribution in [0.3, 0.4) is 0 Å². The number of thiophene rings is 1. The minimum Gasteiger partial charge on any atom is -0.376 e. The van der Waals surface area contributed by atoms with Gasteiger partial charge in [0.2, 0.25) is 0 Å². The van der Waals surface area contributed by atoms with Gasteiger partial charge in [-0.15, -0.1) is 11.3 Å². The number of nitrogens with one attached hydrogen (secondary N) is 1. The van der Waals surface area contributed by atoms with Crippen molar-refractivity contribution in [2.75, 3.05) is 0 Å². The maximum atomic E-state index is 5.41. The molecule has 72 valence electrons. The lowest BCUT2D eigenvalue weighted by atomic mass is 10.1. The molecule has 4 heteroatoms. The Kier molecular flexibility index (Phi) is 3.27. The van der Waals surface area contributed by atoms with E-state index in [4.69, 9.17) is 18.0 Å². The molecular weight excluding hydrogens is 200 g/mol. The van der Waals surface area contributed by atoms with Crippen molar-refractivity contribution in [3.8, 4) is 0 Å². The summed E-state index contributed by atoms with van der Waals surface area (Å²) in [5, 5.41) is 3.39. The highest BCUT2D eigenvalue weighted by molar-refractivity contribution is 7.80. The van der Waals surface area contributed by atoms with Gasteiger partial charge in [-0.1, -0.05) is 0 Å². The predicted molar refractivity (Wildman–Crippen MR) is 62.1 cm³/mol.